The van der Waals surface area contributed by atoms with Crippen LogP contribution in [0.2, 0.25) is 0 Å². The van der Waals surface area contributed by atoms with Crippen LogP contribution in [-0.4, -0.2) is 18.3 Å². The highest BCUT2D eigenvalue weighted by molar-refractivity contribution is 9.10. The number of rotatable bonds is 2. The van der Waals surface area contributed by atoms with Gasteiger partial charge in [-0.05, 0) is 58.3 Å². The minimum absolute atomic E-state index is 0.355. The van der Waals surface area contributed by atoms with Gasteiger partial charge in [0.1, 0.15) is 13.2 Å². The minimum Gasteiger partial charge on any atom is -0.486 e. The summed E-state index contributed by atoms with van der Waals surface area (Å²) in [7, 11) is 0. The molecule has 20 heavy (non-hydrogen) atoms. The molecule has 3 unspecified atom stereocenters. The third kappa shape index (κ3) is 2.82. The van der Waals surface area contributed by atoms with Crippen LogP contribution in [0.1, 0.15) is 44.3 Å². The fourth-order valence-corrected chi connectivity index (χ4v) is 3.92. The fraction of sp³-hybridized carbons (Fsp3) is 0.625. The first-order valence-corrected chi connectivity index (χ1v) is 8.21. The van der Waals surface area contributed by atoms with E-state index >= 15 is 0 Å². The predicted molar refractivity (Wildman–Crippen MR) is 81.2 cm³/mol. The van der Waals surface area contributed by atoms with Crippen molar-refractivity contribution in [3.8, 4) is 11.5 Å². The molecule has 3 atom stereocenters. The van der Waals surface area contributed by atoms with Crippen LogP contribution in [0.25, 0.3) is 0 Å². The normalized spacial score (nSPS) is 27.1. The largest absolute Gasteiger partial charge is 0.486 e. The van der Waals surface area contributed by atoms with Crippen molar-refractivity contribution in [2.45, 2.75) is 38.7 Å². The van der Waals surface area contributed by atoms with Gasteiger partial charge >= 0.3 is 0 Å². The molecule has 0 bridgehead atoms. The van der Waals surface area contributed by atoms with E-state index in [0.717, 1.165) is 34.4 Å². The topological polar surface area (TPSA) is 38.7 Å². The smallest absolute Gasteiger partial charge is 0.175 e. The van der Waals surface area contributed by atoms with E-state index in [1.165, 1.54) is 12.8 Å². The zero-order chi connectivity index (χ0) is 14.1. The van der Waals surface area contributed by atoms with Gasteiger partial charge in [0, 0.05) is 0 Å². The molecule has 1 aliphatic carbocycles. The van der Waals surface area contributed by atoms with Crippen LogP contribution < -0.4 is 9.47 Å². The molecule has 1 N–H and O–H groups in total. The predicted octanol–water partition coefficient (Wildman–Crippen LogP) is 4.08. The maximum absolute atomic E-state index is 10.7. The summed E-state index contributed by atoms with van der Waals surface area (Å²) >= 11 is 3.52. The Morgan fingerprint density at radius 3 is 2.85 bits per heavy atom. The van der Waals surface area contributed by atoms with Gasteiger partial charge in [-0.25, -0.2) is 0 Å². The lowest BCUT2D eigenvalue weighted by Crippen LogP contribution is -2.21. The molecule has 2 aliphatic rings. The molecule has 0 amide bonds. The summed E-state index contributed by atoms with van der Waals surface area (Å²) in [6, 6.07) is 3.90. The number of benzene rings is 1. The average molecular weight is 341 g/mol. The molecular weight excluding hydrogens is 320 g/mol. The fourth-order valence-electron chi connectivity index (χ4n) is 3.34. The van der Waals surface area contributed by atoms with Gasteiger partial charge in [-0.2, -0.15) is 0 Å². The Hall–Kier alpha value is -0.740. The molecular formula is C16H21BrO3. The highest BCUT2D eigenvalue weighted by Gasteiger charge is 2.28. The van der Waals surface area contributed by atoms with E-state index in [-0.39, 0.29) is 0 Å². The van der Waals surface area contributed by atoms with Gasteiger partial charge in [0.05, 0.1) is 10.6 Å². The standard InChI is InChI=1S/C16H21BrO3/c1-10-3-2-4-11(7-10)15(18)12-8-13(17)16-14(9-12)19-5-6-20-16/h8-11,15,18H,2-7H2,1H3. The first-order valence-electron chi connectivity index (χ1n) is 7.42. The van der Waals surface area contributed by atoms with E-state index < -0.39 is 6.10 Å². The Bertz CT molecular complexity index is 489. The van der Waals surface area contributed by atoms with Crippen molar-refractivity contribution in [1.82, 2.24) is 0 Å². The van der Waals surface area contributed by atoms with E-state index in [1.807, 2.05) is 12.1 Å². The van der Waals surface area contributed by atoms with Gasteiger partial charge in [-0.1, -0.05) is 19.8 Å². The van der Waals surface area contributed by atoms with E-state index in [2.05, 4.69) is 22.9 Å². The van der Waals surface area contributed by atoms with Crippen LogP contribution >= 0.6 is 15.9 Å². The summed E-state index contributed by atoms with van der Waals surface area (Å²) in [6.45, 7) is 3.42. The van der Waals surface area contributed by atoms with Gasteiger partial charge in [0.25, 0.3) is 0 Å². The van der Waals surface area contributed by atoms with Crippen molar-refractivity contribution in [2.24, 2.45) is 11.8 Å². The number of ether oxygens (including phenoxy) is 2. The number of aliphatic hydroxyl groups is 1. The van der Waals surface area contributed by atoms with Crippen molar-refractivity contribution in [3.05, 3.63) is 22.2 Å². The van der Waals surface area contributed by atoms with Crippen molar-refractivity contribution in [1.29, 1.82) is 0 Å². The van der Waals surface area contributed by atoms with Gasteiger partial charge < -0.3 is 14.6 Å². The van der Waals surface area contributed by atoms with Crippen LogP contribution in [0, 0.1) is 11.8 Å². The Kier molecular flexibility index (Phi) is 4.22. The van der Waals surface area contributed by atoms with E-state index in [4.69, 9.17) is 9.47 Å². The Labute approximate surface area is 128 Å². The molecule has 4 heteroatoms. The number of hydrogen-bond acceptors (Lipinski definition) is 3. The zero-order valence-corrected chi connectivity index (χ0v) is 13.4. The maximum atomic E-state index is 10.7. The molecule has 110 valence electrons. The molecule has 1 saturated carbocycles. The summed E-state index contributed by atoms with van der Waals surface area (Å²) in [4.78, 5) is 0. The summed E-state index contributed by atoms with van der Waals surface area (Å²) in [5, 5.41) is 10.7. The number of fused-ring (bicyclic) bond motifs is 1. The van der Waals surface area contributed by atoms with Crippen molar-refractivity contribution < 1.29 is 14.6 Å². The average Bonchev–Trinajstić information content (AvgIpc) is 2.46. The second-order valence-electron chi connectivity index (χ2n) is 6.00. The molecule has 1 aromatic carbocycles. The van der Waals surface area contributed by atoms with Crippen LogP contribution in [0.5, 0.6) is 11.5 Å². The number of hydrogen-bond donors (Lipinski definition) is 1. The molecule has 0 saturated heterocycles. The first kappa shape index (κ1) is 14.2. The van der Waals surface area contributed by atoms with Crippen LogP contribution in [-0.2, 0) is 0 Å². The number of aliphatic hydroxyl groups excluding tert-OH is 1. The van der Waals surface area contributed by atoms with Gasteiger partial charge in [0.2, 0.25) is 0 Å². The van der Waals surface area contributed by atoms with Crippen molar-refractivity contribution in [2.75, 3.05) is 13.2 Å². The Morgan fingerprint density at radius 2 is 2.05 bits per heavy atom. The van der Waals surface area contributed by atoms with E-state index in [0.29, 0.717) is 25.0 Å². The summed E-state index contributed by atoms with van der Waals surface area (Å²) in [6.07, 6.45) is 4.30. The lowest BCUT2D eigenvalue weighted by atomic mass is 9.78. The van der Waals surface area contributed by atoms with E-state index in [9.17, 15) is 5.11 Å². The molecule has 3 rings (SSSR count). The first-order chi connectivity index (χ1) is 9.65. The quantitative estimate of drug-likeness (QED) is 0.881. The third-order valence-electron chi connectivity index (χ3n) is 4.38. The molecule has 0 spiro atoms. The molecule has 1 fully saturated rings. The maximum Gasteiger partial charge on any atom is 0.175 e. The second kappa shape index (κ2) is 5.94. The molecule has 0 aromatic heterocycles. The monoisotopic (exact) mass is 340 g/mol. The Balaban J connectivity index is 1.84. The summed E-state index contributed by atoms with van der Waals surface area (Å²) in [5.74, 6) is 2.56. The second-order valence-corrected chi connectivity index (χ2v) is 6.86. The SMILES string of the molecule is CC1CCCC(C(O)c2cc(Br)c3c(c2)OCCO3)C1. The van der Waals surface area contributed by atoms with Crippen molar-refractivity contribution >= 4 is 15.9 Å². The lowest BCUT2D eigenvalue weighted by Gasteiger charge is -2.31. The van der Waals surface area contributed by atoms with Gasteiger partial charge in [0.15, 0.2) is 11.5 Å². The summed E-state index contributed by atoms with van der Waals surface area (Å²) in [5.41, 5.74) is 0.931. The highest BCUT2D eigenvalue weighted by atomic mass is 79.9. The van der Waals surface area contributed by atoms with Gasteiger partial charge in [-0.3, -0.25) is 0 Å². The van der Waals surface area contributed by atoms with Crippen LogP contribution in [0.4, 0.5) is 0 Å². The van der Waals surface area contributed by atoms with Gasteiger partial charge in [-0.15, -0.1) is 0 Å². The molecule has 1 aromatic rings. The lowest BCUT2D eigenvalue weighted by molar-refractivity contribution is 0.0707. The minimum atomic E-state index is -0.412. The summed E-state index contributed by atoms with van der Waals surface area (Å²) < 4.78 is 12.1. The molecule has 0 radical (unpaired) electrons. The highest BCUT2D eigenvalue weighted by Crippen LogP contribution is 2.43. The van der Waals surface area contributed by atoms with Crippen LogP contribution in [0.3, 0.4) is 0 Å². The molecule has 1 aliphatic heterocycles. The molecule has 1 heterocycles. The van der Waals surface area contributed by atoms with Crippen LogP contribution in [0.15, 0.2) is 16.6 Å². The Morgan fingerprint density at radius 1 is 1.25 bits per heavy atom. The molecule has 3 nitrogen and oxygen atoms in total. The van der Waals surface area contributed by atoms with E-state index in [1.54, 1.807) is 0 Å². The zero-order valence-electron chi connectivity index (χ0n) is 11.8. The number of halogens is 1. The third-order valence-corrected chi connectivity index (χ3v) is 4.97. The van der Waals surface area contributed by atoms with Crippen molar-refractivity contribution in [3.63, 3.8) is 0 Å².